The van der Waals surface area contributed by atoms with Gasteiger partial charge >= 0.3 is 5.97 Å². The highest BCUT2D eigenvalue weighted by atomic mass is 16.8. The number of ether oxygens (including phenoxy) is 3. The van der Waals surface area contributed by atoms with Gasteiger partial charge < -0.3 is 14.2 Å². The lowest BCUT2D eigenvalue weighted by Crippen LogP contribution is -2.69. The topological polar surface area (TPSA) is 61.8 Å². The number of carbonyl (C=O) groups is 2. The van der Waals surface area contributed by atoms with E-state index in [4.69, 9.17) is 14.2 Å². The predicted molar refractivity (Wildman–Crippen MR) is 130 cm³/mol. The summed E-state index contributed by atoms with van der Waals surface area (Å²) >= 11 is 0. The maximum atomic E-state index is 12.2. The molecular formula is C29H42O5. The van der Waals surface area contributed by atoms with Crippen LogP contribution < -0.4 is 0 Å². The van der Waals surface area contributed by atoms with E-state index in [1.807, 2.05) is 6.08 Å². The molecule has 188 valence electrons. The number of carbonyl (C=O) groups excluding carboxylic acids is 2. The highest BCUT2D eigenvalue weighted by Gasteiger charge is 2.78. The molecular weight excluding hydrogens is 428 g/mol. The van der Waals surface area contributed by atoms with Gasteiger partial charge in [0.05, 0.1) is 0 Å². The lowest BCUT2D eigenvalue weighted by molar-refractivity contribution is -0.244. The number of rotatable bonds is 6. The average Bonchev–Trinajstić information content (AvgIpc) is 3.27. The van der Waals surface area contributed by atoms with E-state index >= 15 is 0 Å². The maximum Gasteiger partial charge on any atom is 0.303 e. The highest BCUT2D eigenvalue weighted by Crippen LogP contribution is 2.70. The molecule has 5 nitrogen and oxygen atoms in total. The number of ketones is 1. The largest absolute Gasteiger partial charge is 0.459 e. The van der Waals surface area contributed by atoms with E-state index in [0.717, 1.165) is 38.5 Å². The van der Waals surface area contributed by atoms with Crippen LogP contribution in [-0.4, -0.2) is 34.8 Å². The summed E-state index contributed by atoms with van der Waals surface area (Å²) in [6.07, 6.45) is 13.2. The van der Waals surface area contributed by atoms with Crippen molar-refractivity contribution in [1.82, 2.24) is 0 Å². The fourth-order valence-corrected chi connectivity index (χ4v) is 8.26. The number of esters is 1. The maximum absolute atomic E-state index is 12.2. The molecule has 0 aromatic carbocycles. The smallest absolute Gasteiger partial charge is 0.303 e. The summed E-state index contributed by atoms with van der Waals surface area (Å²) in [6, 6.07) is 0. The molecule has 34 heavy (non-hydrogen) atoms. The summed E-state index contributed by atoms with van der Waals surface area (Å²) in [5.74, 6) is 0.730. The fraction of sp³-hybridized carbons (Fsp3) is 0.793. The van der Waals surface area contributed by atoms with Gasteiger partial charge in [-0.05, 0) is 68.9 Å². The first-order valence-corrected chi connectivity index (χ1v) is 13.5. The molecule has 0 N–H and O–H groups in total. The van der Waals surface area contributed by atoms with Crippen LogP contribution in [0.2, 0.25) is 0 Å². The molecule has 2 saturated carbocycles. The minimum atomic E-state index is -0.657. The third-order valence-corrected chi connectivity index (χ3v) is 10.2. The summed E-state index contributed by atoms with van der Waals surface area (Å²) in [4.78, 5) is 24.4. The Bertz CT molecular complexity index is 935. The van der Waals surface area contributed by atoms with E-state index < -0.39 is 17.0 Å². The van der Waals surface area contributed by atoms with E-state index in [9.17, 15) is 9.59 Å². The van der Waals surface area contributed by atoms with Crippen molar-refractivity contribution in [3.05, 3.63) is 23.8 Å². The Kier molecular flexibility index (Phi) is 5.72. The molecule has 8 atom stereocenters. The Morgan fingerprint density at radius 2 is 1.91 bits per heavy atom. The quantitative estimate of drug-likeness (QED) is 0.451. The molecule has 0 aromatic rings. The number of allylic oxidation sites excluding steroid dienone is 4. The fourth-order valence-electron chi connectivity index (χ4n) is 8.26. The third-order valence-electron chi connectivity index (χ3n) is 10.2. The van der Waals surface area contributed by atoms with Crippen LogP contribution >= 0.6 is 0 Å². The Hall–Kier alpha value is -1.46. The van der Waals surface area contributed by atoms with Gasteiger partial charge in [0.25, 0.3) is 0 Å². The normalized spacial score (nSPS) is 45.4. The lowest BCUT2D eigenvalue weighted by atomic mass is 9.47. The first-order valence-electron chi connectivity index (χ1n) is 13.5. The SMILES string of the molecule is CC(=O)O[C@H]1CC2C(CCC3=CC(=O)C=C[C@@]32C)[C@]23CC[C@](C(C)CCCC(C)C)(O[C@@]12C)O3. The number of hydrogen-bond donors (Lipinski definition) is 0. The molecule has 0 aromatic heterocycles. The molecule has 1 spiro atoms. The monoisotopic (exact) mass is 470 g/mol. The minimum absolute atomic E-state index is 0.0804. The van der Waals surface area contributed by atoms with Crippen molar-refractivity contribution in [3.8, 4) is 0 Å². The molecule has 4 fully saturated rings. The van der Waals surface area contributed by atoms with Crippen molar-refractivity contribution in [2.24, 2.45) is 29.1 Å². The number of fused-ring (bicyclic) bond motifs is 4. The zero-order chi connectivity index (χ0) is 24.5. The van der Waals surface area contributed by atoms with Gasteiger partial charge in [0.15, 0.2) is 11.6 Å². The molecule has 2 bridgehead atoms. The summed E-state index contributed by atoms with van der Waals surface area (Å²) in [5.41, 5.74) is -0.124. The van der Waals surface area contributed by atoms with Gasteiger partial charge in [-0.25, -0.2) is 0 Å². The summed E-state index contributed by atoms with van der Waals surface area (Å²) in [6.45, 7) is 12.7. The summed E-state index contributed by atoms with van der Waals surface area (Å²) in [7, 11) is 0. The molecule has 5 rings (SSSR count). The highest BCUT2D eigenvalue weighted by molar-refractivity contribution is 6.01. The summed E-state index contributed by atoms with van der Waals surface area (Å²) < 4.78 is 20.2. The van der Waals surface area contributed by atoms with Gasteiger partial charge in [-0.15, -0.1) is 0 Å². The third kappa shape index (κ3) is 3.32. The molecule has 0 radical (unpaired) electrons. The van der Waals surface area contributed by atoms with Crippen LogP contribution in [0.25, 0.3) is 0 Å². The van der Waals surface area contributed by atoms with Crippen molar-refractivity contribution in [3.63, 3.8) is 0 Å². The van der Waals surface area contributed by atoms with Crippen LogP contribution in [-0.2, 0) is 23.8 Å². The zero-order valence-corrected chi connectivity index (χ0v) is 21.8. The van der Waals surface area contributed by atoms with E-state index in [1.165, 1.54) is 25.3 Å². The first kappa shape index (κ1) is 24.2. The minimum Gasteiger partial charge on any atom is -0.459 e. The van der Waals surface area contributed by atoms with Crippen LogP contribution in [0.5, 0.6) is 0 Å². The first-order chi connectivity index (χ1) is 16.0. The van der Waals surface area contributed by atoms with Crippen LogP contribution in [0.3, 0.4) is 0 Å². The molecule has 0 amide bonds. The van der Waals surface area contributed by atoms with Crippen LogP contribution in [0.1, 0.15) is 92.9 Å². The van der Waals surface area contributed by atoms with Crippen molar-refractivity contribution >= 4 is 11.8 Å². The molecule has 2 heterocycles. The second-order valence-corrected chi connectivity index (χ2v) is 12.5. The summed E-state index contributed by atoms with van der Waals surface area (Å²) in [5, 5.41) is 0. The van der Waals surface area contributed by atoms with Crippen molar-refractivity contribution in [2.75, 3.05) is 0 Å². The Labute approximate surface area is 204 Å². The van der Waals surface area contributed by atoms with E-state index in [2.05, 4.69) is 40.7 Å². The molecule has 2 aliphatic heterocycles. The lowest BCUT2D eigenvalue weighted by Gasteiger charge is -2.61. The van der Waals surface area contributed by atoms with Crippen molar-refractivity contribution in [2.45, 2.75) is 116 Å². The molecule has 3 unspecified atom stereocenters. The van der Waals surface area contributed by atoms with Gasteiger partial charge in [-0.3, -0.25) is 9.59 Å². The van der Waals surface area contributed by atoms with Gasteiger partial charge in [-0.2, -0.15) is 0 Å². The van der Waals surface area contributed by atoms with Crippen LogP contribution in [0.4, 0.5) is 0 Å². The Morgan fingerprint density at radius 3 is 2.62 bits per heavy atom. The zero-order valence-electron chi connectivity index (χ0n) is 21.8. The van der Waals surface area contributed by atoms with Crippen molar-refractivity contribution in [1.29, 1.82) is 0 Å². The van der Waals surface area contributed by atoms with Crippen LogP contribution in [0.15, 0.2) is 23.8 Å². The Morgan fingerprint density at radius 1 is 1.15 bits per heavy atom. The van der Waals surface area contributed by atoms with E-state index in [0.29, 0.717) is 11.8 Å². The predicted octanol–water partition coefficient (Wildman–Crippen LogP) is 5.92. The Balaban J connectivity index is 1.51. The standard InChI is InChI=1S/C29H42O5/c1-18(2)8-7-9-19(3)29-15-14-28(34-29)23-11-10-21-16-22(31)12-13-26(21,5)24(23)17-25(32-20(4)30)27(28,6)33-29/h12-13,16,18-19,23-25H,7-11,14-15,17H2,1-6H3/t19?,23?,24?,25-,26-,27-,28+,29-/m0/s1. The second-order valence-electron chi connectivity index (χ2n) is 12.5. The van der Waals surface area contributed by atoms with E-state index in [-0.39, 0.29) is 35.1 Å². The van der Waals surface area contributed by atoms with Gasteiger partial charge in [0, 0.05) is 24.7 Å². The number of hydrogen-bond acceptors (Lipinski definition) is 5. The molecule has 5 aliphatic rings. The van der Waals surface area contributed by atoms with Crippen molar-refractivity contribution < 1.29 is 23.8 Å². The van der Waals surface area contributed by atoms with E-state index in [1.54, 1.807) is 6.08 Å². The molecule has 2 saturated heterocycles. The molecule has 3 aliphatic carbocycles. The molecule has 5 heteroatoms. The van der Waals surface area contributed by atoms with Gasteiger partial charge in [0.2, 0.25) is 0 Å². The average molecular weight is 471 g/mol. The van der Waals surface area contributed by atoms with Gasteiger partial charge in [0.1, 0.15) is 17.3 Å². The van der Waals surface area contributed by atoms with Gasteiger partial charge in [-0.1, -0.05) is 52.2 Å². The van der Waals surface area contributed by atoms with Crippen LogP contribution in [0, 0.1) is 29.1 Å². The second kappa shape index (κ2) is 8.03.